The molecule has 1 aliphatic heterocycles. The van der Waals surface area contributed by atoms with Gasteiger partial charge in [0.25, 0.3) is 0 Å². The van der Waals surface area contributed by atoms with Crippen molar-refractivity contribution in [2.24, 2.45) is 4.74 Å². The average Bonchev–Trinajstić information content (AvgIpc) is 3.16. The van der Waals surface area contributed by atoms with E-state index >= 15 is 0 Å². The Bertz CT molecular complexity index is 1370. The number of rotatable bonds is 4. The van der Waals surface area contributed by atoms with Gasteiger partial charge in [-0.25, -0.2) is 4.74 Å². The summed E-state index contributed by atoms with van der Waals surface area (Å²) in [4.78, 5) is 0. The Labute approximate surface area is 204 Å². The molecule has 1 saturated heterocycles. The topological polar surface area (TPSA) is 20.5 Å². The van der Waals surface area contributed by atoms with Crippen LogP contribution < -0.4 is 5.30 Å². The van der Waals surface area contributed by atoms with Gasteiger partial charge in [0.2, 0.25) is 0 Å². The summed E-state index contributed by atoms with van der Waals surface area (Å²) in [6.45, 7) is 14.9. The van der Waals surface area contributed by atoms with Gasteiger partial charge in [-0.2, -0.15) is 0 Å². The van der Waals surface area contributed by atoms with Gasteiger partial charge in [0.05, 0.1) is 12.9 Å². The maximum absolute atomic E-state index is 5.74. The highest BCUT2D eigenvalue weighted by molar-refractivity contribution is 7.73. The van der Waals surface area contributed by atoms with E-state index in [0.717, 1.165) is 25.3 Å². The van der Waals surface area contributed by atoms with E-state index in [0.29, 0.717) is 0 Å². The molecule has 0 saturated carbocycles. The molecule has 4 aromatic rings. The van der Waals surface area contributed by atoms with Crippen molar-refractivity contribution in [1.29, 1.82) is 0 Å². The summed E-state index contributed by atoms with van der Waals surface area (Å²) in [6, 6.07) is 24.9. The molecule has 0 N–H and O–H groups in total. The molecule has 3 nitrogen and oxygen atoms in total. The number of hydrogen-bond donors (Lipinski definition) is 0. The van der Waals surface area contributed by atoms with E-state index in [9.17, 15) is 0 Å². The molecule has 1 aliphatic rings. The molecule has 0 spiro atoms. The highest BCUT2D eigenvalue weighted by Crippen LogP contribution is 2.64. The minimum Gasteiger partial charge on any atom is -0.341 e. The van der Waals surface area contributed by atoms with Crippen LogP contribution in [0.3, 0.4) is 0 Å². The number of aromatic nitrogens is 1. The molecule has 1 fully saturated rings. The largest absolute Gasteiger partial charge is 0.341 e. The van der Waals surface area contributed by atoms with Crippen LogP contribution in [0.5, 0.6) is 0 Å². The Balaban J connectivity index is 1.84. The molecule has 0 radical (unpaired) electrons. The van der Waals surface area contributed by atoms with E-state index in [1.54, 1.807) is 0 Å². The minimum absolute atomic E-state index is 0.0199. The summed E-state index contributed by atoms with van der Waals surface area (Å²) in [6.07, 6.45) is 3.85. The second kappa shape index (κ2) is 9.02. The molecule has 5 rings (SSSR count). The van der Waals surface area contributed by atoms with Crippen LogP contribution in [0.1, 0.15) is 52.5 Å². The van der Waals surface area contributed by atoms with Crippen molar-refractivity contribution in [2.75, 3.05) is 13.1 Å². The molecular weight excluding hydrogens is 433 g/mol. The first kappa shape index (κ1) is 23.4. The molecule has 4 heteroatoms. The third-order valence-corrected chi connectivity index (χ3v) is 12.0. The Hall–Kier alpha value is -2.35. The zero-order chi connectivity index (χ0) is 23.9. The number of piperidine rings is 1. The second-order valence-electron chi connectivity index (χ2n) is 10.7. The Morgan fingerprint density at radius 2 is 1.50 bits per heavy atom. The third-order valence-electron chi connectivity index (χ3n) is 7.40. The summed E-state index contributed by atoms with van der Waals surface area (Å²) in [7, 11) is -2.08. The smallest absolute Gasteiger partial charge is 0.0720 e. The lowest BCUT2D eigenvalue weighted by molar-refractivity contribution is 0.361. The van der Waals surface area contributed by atoms with Crippen LogP contribution in [-0.2, 0) is 6.54 Å². The van der Waals surface area contributed by atoms with E-state index in [-0.39, 0.29) is 5.16 Å². The van der Waals surface area contributed by atoms with Gasteiger partial charge in [0, 0.05) is 51.9 Å². The van der Waals surface area contributed by atoms with Gasteiger partial charge in [0.1, 0.15) is 0 Å². The van der Waals surface area contributed by atoms with Crippen LogP contribution in [0.25, 0.3) is 21.8 Å². The van der Waals surface area contributed by atoms with E-state index in [1.165, 1.54) is 51.9 Å². The van der Waals surface area contributed by atoms with Gasteiger partial charge < -0.3 is 4.57 Å². The number of fused-ring (bicyclic) bond motifs is 3. The summed E-state index contributed by atoms with van der Waals surface area (Å²) in [5.41, 5.74) is 5.04. The number of nitrogens with zero attached hydrogens (tertiary/aromatic N) is 3. The van der Waals surface area contributed by atoms with Crippen LogP contribution in [0.4, 0.5) is 5.69 Å². The zero-order valence-corrected chi connectivity index (χ0v) is 22.3. The zero-order valence-electron chi connectivity index (χ0n) is 21.4. The lowest BCUT2D eigenvalue weighted by atomic mass is 10.1. The van der Waals surface area contributed by atoms with Crippen LogP contribution in [0.2, 0.25) is 0 Å². The van der Waals surface area contributed by atoms with Crippen LogP contribution in [-0.4, -0.2) is 27.5 Å². The highest BCUT2D eigenvalue weighted by Gasteiger charge is 2.41. The number of hydrogen-bond acceptors (Lipinski definition) is 1. The average molecular weight is 472 g/mol. The van der Waals surface area contributed by atoms with Gasteiger partial charge in [-0.15, -0.1) is 0 Å². The number of aryl methyl sites for hydroxylation is 2. The van der Waals surface area contributed by atoms with Crippen molar-refractivity contribution in [2.45, 2.75) is 65.6 Å². The SMILES string of the molecule is CCn1c2ccccc2c2cc([P@@](=Nc3ccc(C)cc3)(N3CCCCC3)C(C)(C)C)ccc21. The van der Waals surface area contributed by atoms with E-state index in [1.807, 2.05) is 0 Å². The first-order valence-electron chi connectivity index (χ1n) is 12.8. The Kier molecular flexibility index (Phi) is 6.21. The highest BCUT2D eigenvalue weighted by atomic mass is 31.2. The van der Waals surface area contributed by atoms with Gasteiger partial charge in [0.15, 0.2) is 0 Å². The summed E-state index contributed by atoms with van der Waals surface area (Å²) in [5, 5.41) is 4.14. The van der Waals surface area contributed by atoms with Gasteiger partial charge in [-0.3, -0.25) is 4.67 Å². The fourth-order valence-corrected chi connectivity index (χ4v) is 10.2. The fourth-order valence-electron chi connectivity index (χ4n) is 5.77. The molecule has 0 bridgehead atoms. The van der Waals surface area contributed by atoms with E-state index in [4.69, 9.17) is 4.74 Å². The maximum atomic E-state index is 5.74. The molecule has 178 valence electrons. The van der Waals surface area contributed by atoms with Crippen LogP contribution in [0.15, 0.2) is 71.5 Å². The van der Waals surface area contributed by atoms with Crippen LogP contribution in [0, 0.1) is 6.92 Å². The standard InChI is InChI=1S/C30H38N3P/c1-6-33-28-13-9-8-12-26(28)27-22-25(18-19-29(27)33)34(30(3,4)5,32-20-10-7-11-21-32)31-24-16-14-23(2)15-17-24/h8-9,12-19,22H,6-7,10-11,20-21H2,1-5H3/t34-/m1/s1. The van der Waals surface area contributed by atoms with Crippen molar-refractivity contribution in [3.8, 4) is 0 Å². The van der Waals surface area contributed by atoms with Gasteiger partial charge in [-0.05, 0) is 63.1 Å². The van der Waals surface area contributed by atoms with Crippen LogP contribution >= 0.6 is 7.21 Å². The predicted molar refractivity (Wildman–Crippen MR) is 150 cm³/mol. The normalized spacial score (nSPS) is 17.2. The quantitative estimate of drug-likeness (QED) is 0.273. The van der Waals surface area contributed by atoms with Gasteiger partial charge in [-0.1, -0.05) is 63.1 Å². The monoisotopic (exact) mass is 471 g/mol. The van der Waals surface area contributed by atoms with Crippen molar-refractivity contribution in [3.63, 3.8) is 0 Å². The first-order valence-corrected chi connectivity index (χ1v) is 14.5. The lowest BCUT2D eigenvalue weighted by Crippen LogP contribution is -2.39. The van der Waals surface area contributed by atoms with E-state index in [2.05, 4.69) is 111 Å². The second-order valence-corrected chi connectivity index (χ2v) is 14.5. The number of benzene rings is 3. The maximum Gasteiger partial charge on any atom is 0.0720 e. The van der Waals surface area contributed by atoms with Crippen molar-refractivity contribution >= 4 is 40.0 Å². The molecule has 0 unspecified atom stereocenters. The van der Waals surface area contributed by atoms with Gasteiger partial charge >= 0.3 is 0 Å². The van der Waals surface area contributed by atoms with Crippen molar-refractivity contribution < 1.29 is 0 Å². The molecular formula is C30H38N3P. The van der Waals surface area contributed by atoms with Crippen molar-refractivity contribution in [1.82, 2.24) is 9.24 Å². The predicted octanol–water partition coefficient (Wildman–Crippen LogP) is 8.48. The third kappa shape index (κ3) is 3.84. The molecule has 1 aromatic heterocycles. The Morgan fingerprint density at radius 1 is 0.824 bits per heavy atom. The Morgan fingerprint density at radius 3 is 2.18 bits per heavy atom. The minimum atomic E-state index is -2.08. The summed E-state index contributed by atoms with van der Waals surface area (Å²) in [5.74, 6) is 0. The summed E-state index contributed by atoms with van der Waals surface area (Å²) < 4.78 is 11.0. The number of para-hydroxylation sites is 1. The fraction of sp³-hybridized carbons (Fsp3) is 0.400. The summed E-state index contributed by atoms with van der Waals surface area (Å²) >= 11 is 0. The van der Waals surface area contributed by atoms with E-state index < -0.39 is 7.21 Å². The first-order chi connectivity index (χ1) is 16.3. The molecule has 3 aromatic carbocycles. The molecule has 1 atom stereocenters. The molecule has 0 amide bonds. The molecule has 34 heavy (non-hydrogen) atoms. The molecule has 2 heterocycles. The van der Waals surface area contributed by atoms with Crippen molar-refractivity contribution in [3.05, 3.63) is 72.3 Å². The lowest BCUT2D eigenvalue weighted by Gasteiger charge is -2.47. The molecule has 0 aliphatic carbocycles.